The first-order valence-electron chi connectivity index (χ1n) is 4.55. The van der Waals surface area contributed by atoms with Gasteiger partial charge in [-0.15, -0.1) is 0 Å². The van der Waals surface area contributed by atoms with Crippen molar-refractivity contribution in [3.63, 3.8) is 0 Å². The lowest BCUT2D eigenvalue weighted by Gasteiger charge is -2.05. The number of nitrogens with zero attached hydrogens (tertiary/aromatic N) is 3. The van der Waals surface area contributed by atoms with Gasteiger partial charge in [0.2, 0.25) is 0 Å². The van der Waals surface area contributed by atoms with Gasteiger partial charge in [-0.1, -0.05) is 13.8 Å². The van der Waals surface area contributed by atoms with Gasteiger partial charge in [-0.3, -0.25) is 0 Å². The summed E-state index contributed by atoms with van der Waals surface area (Å²) < 4.78 is 1.93. The highest BCUT2D eigenvalue weighted by Gasteiger charge is 2.08. The average molecular weight is 177 g/mol. The minimum Gasteiger partial charge on any atom is -0.336 e. The van der Waals surface area contributed by atoms with Crippen molar-refractivity contribution in [1.29, 1.82) is 5.26 Å². The van der Waals surface area contributed by atoms with E-state index in [4.69, 9.17) is 5.26 Å². The molecule has 0 aromatic carbocycles. The molecule has 0 unspecified atom stereocenters. The van der Waals surface area contributed by atoms with Crippen LogP contribution in [0.15, 0.2) is 6.33 Å². The molecular formula is C10H15N3. The van der Waals surface area contributed by atoms with Gasteiger partial charge < -0.3 is 4.57 Å². The Morgan fingerprint density at radius 2 is 2.31 bits per heavy atom. The number of hydrogen-bond acceptors (Lipinski definition) is 2. The van der Waals surface area contributed by atoms with Crippen LogP contribution >= 0.6 is 0 Å². The summed E-state index contributed by atoms with van der Waals surface area (Å²) in [5, 5.41) is 8.77. The summed E-state index contributed by atoms with van der Waals surface area (Å²) in [4.78, 5) is 4.01. The van der Waals surface area contributed by atoms with E-state index in [0.29, 0.717) is 11.6 Å². The van der Waals surface area contributed by atoms with Gasteiger partial charge in [-0.05, 0) is 18.8 Å². The van der Waals surface area contributed by atoms with E-state index in [-0.39, 0.29) is 0 Å². The van der Waals surface area contributed by atoms with Crippen LogP contribution in [-0.4, -0.2) is 9.55 Å². The Labute approximate surface area is 79.0 Å². The van der Waals surface area contributed by atoms with E-state index < -0.39 is 0 Å². The van der Waals surface area contributed by atoms with E-state index in [9.17, 15) is 0 Å². The zero-order valence-electron chi connectivity index (χ0n) is 8.41. The molecule has 0 saturated carbocycles. The van der Waals surface area contributed by atoms with Gasteiger partial charge in [0.05, 0.1) is 12.0 Å². The molecular weight excluding hydrogens is 162 g/mol. The Balaban J connectivity index is 2.75. The molecule has 0 radical (unpaired) electrons. The zero-order chi connectivity index (χ0) is 9.84. The Morgan fingerprint density at radius 1 is 1.62 bits per heavy atom. The molecule has 0 saturated heterocycles. The van der Waals surface area contributed by atoms with Crippen molar-refractivity contribution in [2.24, 2.45) is 13.0 Å². The fourth-order valence-corrected chi connectivity index (χ4v) is 1.27. The highest BCUT2D eigenvalue weighted by atomic mass is 15.0. The molecule has 3 heteroatoms. The molecule has 1 rings (SSSR count). The molecule has 0 spiro atoms. The lowest BCUT2D eigenvalue weighted by Crippen LogP contribution is -2.00. The van der Waals surface area contributed by atoms with Crippen molar-refractivity contribution in [2.45, 2.75) is 26.7 Å². The van der Waals surface area contributed by atoms with Gasteiger partial charge in [0.15, 0.2) is 5.69 Å². The number of hydrogen-bond donors (Lipinski definition) is 0. The lowest BCUT2D eigenvalue weighted by molar-refractivity contribution is 0.573. The van der Waals surface area contributed by atoms with Crippen molar-refractivity contribution in [3.05, 3.63) is 17.7 Å². The van der Waals surface area contributed by atoms with Crippen molar-refractivity contribution in [2.75, 3.05) is 0 Å². The fraction of sp³-hybridized carbons (Fsp3) is 0.600. The van der Waals surface area contributed by atoms with E-state index in [1.54, 1.807) is 6.33 Å². The molecule has 1 aromatic heterocycles. The minimum absolute atomic E-state index is 0.572. The third-order valence-electron chi connectivity index (χ3n) is 2.12. The molecule has 0 fully saturated rings. The predicted octanol–water partition coefficient (Wildman–Crippen LogP) is 1.88. The molecule has 1 heterocycles. The fourth-order valence-electron chi connectivity index (χ4n) is 1.27. The maximum absolute atomic E-state index is 8.77. The molecule has 0 amide bonds. The second-order valence-electron chi connectivity index (χ2n) is 3.70. The molecule has 0 aliphatic heterocycles. The highest BCUT2D eigenvalue weighted by Crippen LogP contribution is 2.11. The largest absolute Gasteiger partial charge is 0.336 e. The number of aryl methyl sites for hydroxylation is 1. The first-order valence-corrected chi connectivity index (χ1v) is 4.55. The zero-order valence-corrected chi connectivity index (χ0v) is 8.41. The first-order chi connectivity index (χ1) is 6.15. The van der Waals surface area contributed by atoms with Crippen LogP contribution in [0.1, 0.15) is 31.7 Å². The SMILES string of the molecule is CC(C)CCc1c(C#N)ncn1C. The summed E-state index contributed by atoms with van der Waals surface area (Å²) in [6.45, 7) is 4.37. The van der Waals surface area contributed by atoms with Crippen molar-refractivity contribution in [1.82, 2.24) is 9.55 Å². The van der Waals surface area contributed by atoms with Gasteiger partial charge in [0.25, 0.3) is 0 Å². The molecule has 3 nitrogen and oxygen atoms in total. The van der Waals surface area contributed by atoms with Crippen LogP contribution in [-0.2, 0) is 13.5 Å². The summed E-state index contributed by atoms with van der Waals surface area (Å²) in [7, 11) is 1.93. The minimum atomic E-state index is 0.572. The van der Waals surface area contributed by atoms with E-state index >= 15 is 0 Å². The van der Waals surface area contributed by atoms with Crippen molar-refractivity contribution in [3.8, 4) is 6.07 Å². The second-order valence-corrected chi connectivity index (χ2v) is 3.70. The topological polar surface area (TPSA) is 41.6 Å². The van der Waals surface area contributed by atoms with Gasteiger partial charge in [0.1, 0.15) is 6.07 Å². The van der Waals surface area contributed by atoms with Crippen LogP contribution < -0.4 is 0 Å². The van der Waals surface area contributed by atoms with Gasteiger partial charge >= 0.3 is 0 Å². The van der Waals surface area contributed by atoms with Crippen molar-refractivity contribution >= 4 is 0 Å². The molecule has 70 valence electrons. The molecule has 1 aromatic rings. The summed E-state index contributed by atoms with van der Waals surface area (Å²) in [5.41, 5.74) is 1.62. The predicted molar refractivity (Wildman–Crippen MR) is 51.1 cm³/mol. The van der Waals surface area contributed by atoms with Crippen LogP contribution in [0.2, 0.25) is 0 Å². The quantitative estimate of drug-likeness (QED) is 0.707. The van der Waals surface area contributed by atoms with E-state index in [1.807, 2.05) is 11.6 Å². The van der Waals surface area contributed by atoms with E-state index in [0.717, 1.165) is 18.5 Å². The molecule has 13 heavy (non-hydrogen) atoms. The maximum Gasteiger partial charge on any atom is 0.161 e. The standard InChI is InChI=1S/C10H15N3/c1-8(2)4-5-10-9(6-11)12-7-13(10)3/h7-8H,4-5H2,1-3H3. The van der Waals surface area contributed by atoms with Crippen molar-refractivity contribution < 1.29 is 0 Å². The lowest BCUT2D eigenvalue weighted by atomic mass is 10.1. The third-order valence-corrected chi connectivity index (χ3v) is 2.12. The van der Waals surface area contributed by atoms with Crippen LogP contribution in [0.25, 0.3) is 0 Å². The second kappa shape index (κ2) is 4.08. The monoisotopic (exact) mass is 177 g/mol. The summed E-state index contributed by atoms with van der Waals surface area (Å²) in [6, 6.07) is 2.11. The summed E-state index contributed by atoms with van der Waals surface area (Å²) in [6.07, 6.45) is 3.75. The third kappa shape index (κ3) is 2.32. The molecule has 0 N–H and O–H groups in total. The van der Waals surface area contributed by atoms with Crippen LogP contribution in [0, 0.1) is 17.2 Å². The molecule has 0 atom stereocenters. The normalized spacial score (nSPS) is 10.4. The van der Waals surface area contributed by atoms with Gasteiger partial charge in [-0.2, -0.15) is 5.26 Å². The Hall–Kier alpha value is -1.30. The maximum atomic E-state index is 8.77. The highest BCUT2D eigenvalue weighted by molar-refractivity contribution is 5.26. The number of nitriles is 1. The number of aromatic nitrogens is 2. The van der Waals surface area contributed by atoms with Gasteiger partial charge in [-0.25, -0.2) is 4.98 Å². The Bertz CT molecular complexity index is 317. The number of rotatable bonds is 3. The average Bonchev–Trinajstić information content (AvgIpc) is 2.43. The Morgan fingerprint density at radius 3 is 2.85 bits per heavy atom. The van der Waals surface area contributed by atoms with E-state index in [1.165, 1.54) is 0 Å². The van der Waals surface area contributed by atoms with E-state index in [2.05, 4.69) is 24.9 Å². The van der Waals surface area contributed by atoms with Crippen LogP contribution in [0.5, 0.6) is 0 Å². The van der Waals surface area contributed by atoms with Gasteiger partial charge in [0, 0.05) is 7.05 Å². The molecule has 0 bridgehead atoms. The van der Waals surface area contributed by atoms with Crippen LogP contribution in [0.3, 0.4) is 0 Å². The summed E-state index contributed by atoms with van der Waals surface area (Å²) >= 11 is 0. The molecule has 0 aliphatic carbocycles. The molecule has 0 aliphatic rings. The van der Waals surface area contributed by atoms with Crippen LogP contribution in [0.4, 0.5) is 0 Å². The number of imidazole rings is 1. The first kappa shape index (κ1) is 9.79. The summed E-state index contributed by atoms with van der Waals surface area (Å²) in [5.74, 6) is 0.668. The smallest absolute Gasteiger partial charge is 0.161 e. The Kier molecular flexibility index (Phi) is 3.07.